The van der Waals surface area contributed by atoms with Crippen molar-refractivity contribution in [3.8, 4) is 0 Å². The lowest BCUT2D eigenvalue weighted by Crippen LogP contribution is -2.28. The summed E-state index contributed by atoms with van der Waals surface area (Å²) >= 11 is 0. The lowest BCUT2D eigenvalue weighted by molar-refractivity contribution is 0.275. The van der Waals surface area contributed by atoms with Crippen LogP contribution in [0.15, 0.2) is 18.2 Å². The van der Waals surface area contributed by atoms with Crippen LogP contribution in [0.2, 0.25) is 0 Å². The molecule has 0 saturated carbocycles. The summed E-state index contributed by atoms with van der Waals surface area (Å²) < 4.78 is 31.3. The van der Waals surface area contributed by atoms with E-state index >= 15 is 0 Å². The van der Waals surface area contributed by atoms with Crippen molar-refractivity contribution in [2.45, 2.75) is 13.2 Å². The number of benzene rings is 1. The van der Waals surface area contributed by atoms with Gasteiger partial charge in [-0.1, -0.05) is 18.2 Å². The molecule has 1 N–H and O–H groups in total. The third-order valence-corrected chi connectivity index (χ3v) is 2.86. The van der Waals surface area contributed by atoms with E-state index in [9.17, 15) is 13.4 Å². The molecule has 0 aromatic heterocycles. The smallest absolute Gasteiger partial charge is 0.423 e. The largest absolute Gasteiger partial charge is 0.491 e. The van der Waals surface area contributed by atoms with Gasteiger partial charge in [-0.3, -0.25) is 4.18 Å². The highest BCUT2D eigenvalue weighted by Gasteiger charge is 2.27. The standard InChI is InChI=1S/C9H11BO5S/c1-16(12,13)15-5-7-2-3-8-6-14-10(11)9(8)4-7/h2-4,11H,5-6H2,1H3. The minimum absolute atomic E-state index is 0.0289. The summed E-state index contributed by atoms with van der Waals surface area (Å²) in [5, 5.41) is 9.45. The normalized spacial score (nSPS) is 15.2. The number of rotatable bonds is 3. The van der Waals surface area contributed by atoms with Crippen LogP contribution >= 0.6 is 0 Å². The highest BCUT2D eigenvalue weighted by Crippen LogP contribution is 2.12. The van der Waals surface area contributed by atoms with E-state index in [4.69, 9.17) is 4.65 Å². The summed E-state index contributed by atoms with van der Waals surface area (Å²) in [7, 11) is -4.37. The summed E-state index contributed by atoms with van der Waals surface area (Å²) in [5.74, 6) is 0. The molecule has 5 nitrogen and oxygen atoms in total. The van der Waals surface area contributed by atoms with E-state index in [1.54, 1.807) is 18.2 Å². The minimum Gasteiger partial charge on any atom is -0.423 e. The van der Waals surface area contributed by atoms with Gasteiger partial charge in [0.2, 0.25) is 0 Å². The second-order valence-electron chi connectivity index (χ2n) is 3.66. The molecular formula is C9H11BO5S. The Bertz CT molecular complexity index is 499. The van der Waals surface area contributed by atoms with Crippen molar-refractivity contribution in [3.05, 3.63) is 29.3 Å². The Kier molecular flexibility index (Phi) is 3.03. The minimum atomic E-state index is -3.44. The summed E-state index contributed by atoms with van der Waals surface area (Å²) in [6.45, 7) is 0.350. The van der Waals surface area contributed by atoms with Crippen LogP contribution in [0.1, 0.15) is 11.1 Å². The Labute approximate surface area is 94.3 Å². The molecule has 2 rings (SSSR count). The zero-order valence-electron chi connectivity index (χ0n) is 8.71. The Morgan fingerprint density at radius 3 is 3.00 bits per heavy atom. The van der Waals surface area contributed by atoms with Crippen molar-refractivity contribution in [3.63, 3.8) is 0 Å². The summed E-state index contributed by atoms with van der Waals surface area (Å²) in [6, 6.07) is 5.25. The molecule has 1 aromatic carbocycles. The van der Waals surface area contributed by atoms with E-state index in [0.717, 1.165) is 11.8 Å². The molecule has 0 aliphatic carbocycles. The first-order chi connectivity index (χ1) is 7.46. The Balaban J connectivity index is 2.16. The fourth-order valence-electron chi connectivity index (χ4n) is 1.53. The molecule has 1 aromatic rings. The molecule has 1 aliphatic heterocycles. The Morgan fingerprint density at radius 1 is 1.56 bits per heavy atom. The van der Waals surface area contributed by atoms with E-state index in [1.165, 1.54) is 0 Å². The van der Waals surface area contributed by atoms with Crippen LogP contribution in [0.3, 0.4) is 0 Å². The summed E-state index contributed by atoms with van der Waals surface area (Å²) in [4.78, 5) is 0. The highest BCUT2D eigenvalue weighted by atomic mass is 32.2. The van der Waals surface area contributed by atoms with Crippen molar-refractivity contribution >= 4 is 22.7 Å². The van der Waals surface area contributed by atoms with Gasteiger partial charge in [-0.25, -0.2) is 0 Å². The van der Waals surface area contributed by atoms with Crippen LogP contribution in [0.25, 0.3) is 0 Å². The summed E-state index contributed by atoms with van der Waals surface area (Å²) in [6.07, 6.45) is 0.998. The maximum Gasteiger partial charge on any atom is 0.491 e. The quantitative estimate of drug-likeness (QED) is 0.565. The predicted octanol–water partition coefficient (Wildman–Crippen LogP) is -0.619. The molecule has 1 aliphatic rings. The molecule has 16 heavy (non-hydrogen) atoms. The number of fused-ring (bicyclic) bond motifs is 1. The van der Waals surface area contributed by atoms with Gasteiger partial charge in [0.15, 0.2) is 0 Å². The van der Waals surface area contributed by atoms with Gasteiger partial charge in [0.1, 0.15) is 0 Å². The molecule has 0 saturated heterocycles. The van der Waals surface area contributed by atoms with Gasteiger partial charge in [-0.15, -0.1) is 0 Å². The molecule has 86 valence electrons. The SMILES string of the molecule is CS(=O)(=O)OCc1ccc2c(c1)B(O)OC2. The monoisotopic (exact) mass is 242 g/mol. The maximum atomic E-state index is 10.8. The van der Waals surface area contributed by atoms with Crippen LogP contribution in [-0.2, 0) is 32.2 Å². The van der Waals surface area contributed by atoms with Gasteiger partial charge in [0.25, 0.3) is 10.1 Å². The average molecular weight is 242 g/mol. The lowest BCUT2D eigenvalue weighted by atomic mass is 9.79. The van der Waals surface area contributed by atoms with Crippen LogP contribution in [0, 0.1) is 0 Å². The van der Waals surface area contributed by atoms with Gasteiger partial charge in [-0.05, 0) is 16.6 Å². The number of hydrogen-bond donors (Lipinski definition) is 1. The van der Waals surface area contributed by atoms with E-state index in [2.05, 4.69) is 4.18 Å². The molecule has 0 atom stereocenters. The van der Waals surface area contributed by atoms with Crippen LogP contribution < -0.4 is 5.46 Å². The maximum absolute atomic E-state index is 10.8. The molecular weight excluding hydrogens is 231 g/mol. The zero-order chi connectivity index (χ0) is 11.8. The second-order valence-corrected chi connectivity index (χ2v) is 5.31. The van der Waals surface area contributed by atoms with Gasteiger partial charge >= 0.3 is 7.12 Å². The first kappa shape index (κ1) is 11.6. The van der Waals surface area contributed by atoms with E-state index in [-0.39, 0.29) is 6.61 Å². The topological polar surface area (TPSA) is 72.8 Å². The van der Waals surface area contributed by atoms with Gasteiger partial charge in [-0.2, -0.15) is 8.42 Å². The molecule has 0 bridgehead atoms. The van der Waals surface area contributed by atoms with Crippen molar-refractivity contribution in [1.82, 2.24) is 0 Å². The Hall–Kier alpha value is -0.885. The summed E-state index contributed by atoms with van der Waals surface area (Å²) in [5.41, 5.74) is 2.28. The van der Waals surface area contributed by atoms with Crippen molar-refractivity contribution < 1.29 is 22.3 Å². The van der Waals surface area contributed by atoms with E-state index in [0.29, 0.717) is 17.6 Å². The average Bonchev–Trinajstić information content (AvgIpc) is 2.56. The molecule has 0 fully saturated rings. The first-order valence-corrected chi connectivity index (χ1v) is 6.53. The third kappa shape index (κ3) is 2.62. The zero-order valence-corrected chi connectivity index (χ0v) is 9.53. The van der Waals surface area contributed by atoms with Gasteiger partial charge < -0.3 is 9.68 Å². The van der Waals surface area contributed by atoms with Crippen LogP contribution in [-0.4, -0.2) is 26.8 Å². The number of hydrogen-bond acceptors (Lipinski definition) is 5. The molecule has 0 radical (unpaired) electrons. The lowest BCUT2D eigenvalue weighted by Gasteiger charge is -2.04. The third-order valence-electron chi connectivity index (χ3n) is 2.31. The molecule has 0 spiro atoms. The van der Waals surface area contributed by atoms with E-state index < -0.39 is 17.2 Å². The first-order valence-electron chi connectivity index (χ1n) is 4.71. The Morgan fingerprint density at radius 2 is 2.31 bits per heavy atom. The second kappa shape index (κ2) is 4.17. The predicted molar refractivity (Wildman–Crippen MR) is 58.5 cm³/mol. The van der Waals surface area contributed by atoms with E-state index in [1.807, 2.05) is 0 Å². The van der Waals surface area contributed by atoms with Gasteiger partial charge in [0, 0.05) is 0 Å². The fraction of sp³-hybridized carbons (Fsp3) is 0.333. The van der Waals surface area contributed by atoms with Gasteiger partial charge in [0.05, 0.1) is 19.5 Å². The highest BCUT2D eigenvalue weighted by molar-refractivity contribution is 7.85. The molecule has 7 heteroatoms. The molecule has 0 unspecified atom stereocenters. The van der Waals surface area contributed by atoms with Crippen molar-refractivity contribution in [1.29, 1.82) is 0 Å². The van der Waals surface area contributed by atoms with Crippen LogP contribution in [0.4, 0.5) is 0 Å². The molecule has 0 amide bonds. The van der Waals surface area contributed by atoms with Crippen molar-refractivity contribution in [2.75, 3.05) is 6.26 Å². The van der Waals surface area contributed by atoms with Crippen molar-refractivity contribution in [2.24, 2.45) is 0 Å². The van der Waals surface area contributed by atoms with Crippen LogP contribution in [0.5, 0.6) is 0 Å². The molecule has 1 heterocycles. The fourth-order valence-corrected chi connectivity index (χ4v) is 1.88.